The molecule has 0 aromatic heterocycles. The van der Waals surface area contributed by atoms with Gasteiger partial charge in [-0.1, -0.05) is 24.3 Å². The number of benzene rings is 1. The van der Waals surface area contributed by atoms with Crippen molar-refractivity contribution in [2.45, 2.75) is 57.1 Å². The molecule has 2 N–H and O–H groups in total. The number of ether oxygens (including phenoxy) is 1. The van der Waals surface area contributed by atoms with Crippen LogP contribution in [0, 0.1) is 0 Å². The maximum atomic E-state index is 12.2. The Hall–Kier alpha value is -1.26. The summed E-state index contributed by atoms with van der Waals surface area (Å²) in [5, 5.41) is 0. The highest BCUT2D eigenvalue weighted by Gasteiger charge is 2.45. The zero-order chi connectivity index (χ0) is 16.0. The fourth-order valence-electron chi connectivity index (χ4n) is 3.86. The van der Waals surface area contributed by atoms with Crippen LogP contribution >= 0.6 is 12.4 Å². The number of rotatable bonds is 0. The van der Waals surface area contributed by atoms with E-state index in [1.165, 1.54) is 11.1 Å². The summed E-state index contributed by atoms with van der Waals surface area (Å²) >= 11 is 0. The van der Waals surface area contributed by atoms with Gasteiger partial charge in [0.25, 0.3) is 0 Å². The molecule has 1 spiro atoms. The number of nitrogens with two attached hydrogens (primary N) is 1. The molecule has 128 valence electrons. The Morgan fingerprint density at radius 2 is 1.87 bits per heavy atom. The maximum absolute atomic E-state index is 12.2. The lowest BCUT2D eigenvalue weighted by atomic mass is 9.74. The normalized spacial score (nSPS) is 22.4. The number of amides is 1. The van der Waals surface area contributed by atoms with Gasteiger partial charge in [-0.15, -0.1) is 12.4 Å². The fraction of sp³-hybridized carbons (Fsp3) is 0.611. The second kappa shape index (κ2) is 6.33. The first-order chi connectivity index (χ1) is 10.3. The van der Waals surface area contributed by atoms with E-state index in [0.717, 1.165) is 32.4 Å². The average molecular weight is 339 g/mol. The number of halogens is 1. The van der Waals surface area contributed by atoms with E-state index >= 15 is 0 Å². The largest absolute Gasteiger partial charge is 0.444 e. The molecule has 5 heteroatoms. The van der Waals surface area contributed by atoms with Gasteiger partial charge in [0.2, 0.25) is 0 Å². The molecule has 1 amide bonds. The molecule has 1 aromatic carbocycles. The van der Waals surface area contributed by atoms with Crippen molar-refractivity contribution in [1.82, 2.24) is 4.90 Å². The summed E-state index contributed by atoms with van der Waals surface area (Å²) in [7, 11) is 0. The second-order valence-electron chi connectivity index (χ2n) is 7.65. The first-order valence-corrected chi connectivity index (χ1v) is 8.14. The minimum Gasteiger partial charge on any atom is -0.444 e. The number of carbonyl (C=O) groups excluding carboxylic acids is 1. The van der Waals surface area contributed by atoms with Crippen molar-refractivity contribution in [3.63, 3.8) is 0 Å². The molecule has 0 bridgehead atoms. The van der Waals surface area contributed by atoms with Crippen LogP contribution in [0.2, 0.25) is 0 Å². The monoisotopic (exact) mass is 338 g/mol. The highest BCUT2D eigenvalue weighted by Crippen LogP contribution is 2.49. The van der Waals surface area contributed by atoms with Crippen LogP contribution in [0.15, 0.2) is 24.3 Å². The third-order valence-electron chi connectivity index (χ3n) is 4.91. The van der Waals surface area contributed by atoms with Gasteiger partial charge >= 0.3 is 6.09 Å². The highest BCUT2D eigenvalue weighted by molar-refractivity contribution is 5.85. The Labute approximate surface area is 144 Å². The van der Waals surface area contributed by atoms with Gasteiger partial charge in [-0.3, -0.25) is 0 Å². The lowest BCUT2D eigenvalue weighted by molar-refractivity contribution is 0.0162. The molecule has 1 atom stereocenters. The minimum atomic E-state index is -0.436. The van der Waals surface area contributed by atoms with Crippen LogP contribution in [-0.4, -0.2) is 29.7 Å². The molecular formula is C18H27ClN2O2. The van der Waals surface area contributed by atoms with E-state index in [4.69, 9.17) is 10.5 Å². The Bertz CT molecular complexity index is 575. The van der Waals surface area contributed by atoms with Gasteiger partial charge < -0.3 is 15.4 Å². The van der Waals surface area contributed by atoms with Crippen LogP contribution in [-0.2, 0) is 10.2 Å². The van der Waals surface area contributed by atoms with Crippen molar-refractivity contribution in [2.24, 2.45) is 5.73 Å². The van der Waals surface area contributed by atoms with Crippen molar-refractivity contribution in [2.75, 3.05) is 13.1 Å². The lowest BCUT2D eigenvalue weighted by Crippen LogP contribution is -2.46. The van der Waals surface area contributed by atoms with Crippen LogP contribution in [0.25, 0.3) is 0 Å². The van der Waals surface area contributed by atoms with E-state index < -0.39 is 5.60 Å². The van der Waals surface area contributed by atoms with E-state index in [2.05, 4.69) is 24.3 Å². The number of hydrogen-bond acceptors (Lipinski definition) is 3. The number of fused-ring (bicyclic) bond motifs is 2. The molecule has 0 radical (unpaired) electrons. The van der Waals surface area contributed by atoms with Crippen molar-refractivity contribution in [1.29, 1.82) is 0 Å². The summed E-state index contributed by atoms with van der Waals surface area (Å²) in [4.78, 5) is 14.0. The molecule has 2 aliphatic rings. The molecule has 23 heavy (non-hydrogen) atoms. The van der Waals surface area contributed by atoms with E-state index in [-0.39, 0.29) is 30.0 Å². The number of carbonyl (C=O) groups is 1. The predicted octanol–water partition coefficient (Wildman–Crippen LogP) is 3.78. The SMILES string of the molecule is CC(C)(C)OC(=O)N1CCC2(CC1)CC(N)c1ccccc12.Cl. The first-order valence-electron chi connectivity index (χ1n) is 8.14. The Balaban J connectivity index is 0.00000192. The zero-order valence-electron chi connectivity index (χ0n) is 14.2. The molecule has 1 aliphatic heterocycles. The summed E-state index contributed by atoms with van der Waals surface area (Å²) in [6.45, 7) is 7.21. The van der Waals surface area contributed by atoms with Gasteiger partial charge in [0.05, 0.1) is 0 Å². The van der Waals surface area contributed by atoms with Gasteiger partial charge in [0.15, 0.2) is 0 Å². The van der Waals surface area contributed by atoms with Crippen molar-refractivity contribution in [3.8, 4) is 0 Å². The minimum absolute atomic E-state index is 0. The molecule has 1 saturated heterocycles. The quantitative estimate of drug-likeness (QED) is 0.783. The topological polar surface area (TPSA) is 55.6 Å². The van der Waals surface area contributed by atoms with Crippen LogP contribution < -0.4 is 5.73 Å². The summed E-state index contributed by atoms with van der Waals surface area (Å²) in [5.41, 5.74) is 8.72. The summed E-state index contributed by atoms with van der Waals surface area (Å²) in [6, 6.07) is 8.65. The molecule has 1 heterocycles. The molecule has 1 fully saturated rings. The van der Waals surface area contributed by atoms with E-state index in [9.17, 15) is 4.79 Å². The number of nitrogens with zero attached hydrogens (tertiary/aromatic N) is 1. The molecule has 1 aromatic rings. The standard InChI is InChI=1S/C18H26N2O2.ClH/c1-17(2,3)22-16(21)20-10-8-18(9-11-20)12-15(19)13-6-4-5-7-14(13)18;/h4-7,15H,8-12,19H2,1-3H3;1H. The van der Waals surface area contributed by atoms with Gasteiger partial charge in [0, 0.05) is 24.5 Å². The van der Waals surface area contributed by atoms with Crippen LogP contribution in [0.3, 0.4) is 0 Å². The summed E-state index contributed by atoms with van der Waals surface area (Å²) < 4.78 is 5.48. The van der Waals surface area contributed by atoms with Crippen LogP contribution in [0.5, 0.6) is 0 Å². The van der Waals surface area contributed by atoms with Crippen LogP contribution in [0.4, 0.5) is 4.79 Å². The van der Waals surface area contributed by atoms with Crippen molar-refractivity contribution < 1.29 is 9.53 Å². The summed E-state index contributed by atoms with van der Waals surface area (Å²) in [5.74, 6) is 0. The number of piperidine rings is 1. The highest BCUT2D eigenvalue weighted by atomic mass is 35.5. The zero-order valence-corrected chi connectivity index (χ0v) is 15.0. The first kappa shape index (κ1) is 18.1. The molecular weight excluding hydrogens is 312 g/mol. The third-order valence-corrected chi connectivity index (χ3v) is 4.91. The molecule has 0 saturated carbocycles. The van der Waals surface area contributed by atoms with Gasteiger partial charge in [0.1, 0.15) is 5.60 Å². The molecule has 4 nitrogen and oxygen atoms in total. The Kier molecular flexibility index (Phi) is 4.97. The predicted molar refractivity (Wildman–Crippen MR) is 94.0 cm³/mol. The molecule has 1 aliphatic carbocycles. The van der Waals surface area contributed by atoms with Crippen molar-refractivity contribution in [3.05, 3.63) is 35.4 Å². The van der Waals surface area contributed by atoms with Crippen molar-refractivity contribution >= 4 is 18.5 Å². The van der Waals surface area contributed by atoms with E-state index in [0.29, 0.717) is 0 Å². The number of likely N-dealkylation sites (tertiary alicyclic amines) is 1. The fourth-order valence-corrected chi connectivity index (χ4v) is 3.86. The van der Waals surface area contributed by atoms with Gasteiger partial charge in [-0.2, -0.15) is 0 Å². The molecule has 1 unspecified atom stereocenters. The van der Waals surface area contributed by atoms with E-state index in [1.807, 2.05) is 25.7 Å². The lowest BCUT2D eigenvalue weighted by Gasteiger charge is -2.40. The summed E-state index contributed by atoms with van der Waals surface area (Å²) in [6.07, 6.45) is 2.74. The third kappa shape index (κ3) is 3.48. The average Bonchev–Trinajstić information content (AvgIpc) is 2.71. The number of hydrogen-bond donors (Lipinski definition) is 1. The van der Waals surface area contributed by atoms with E-state index in [1.54, 1.807) is 0 Å². The van der Waals surface area contributed by atoms with Crippen LogP contribution in [0.1, 0.15) is 57.2 Å². The van der Waals surface area contributed by atoms with Gasteiger partial charge in [-0.25, -0.2) is 4.79 Å². The van der Waals surface area contributed by atoms with Gasteiger partial charge in [-0.05, 0) is 51.2 Å². The maximum Gasteiger partial charge on any atom is 0.410 e. The second-order valence-corrected chi connectivity index (χ2v) is 7.65. The Morgan fingerprint density at radius 1 is 1.26 bits per heavy atom. The Morgan fingerprint density at radius 3 is 2.48 bits per heavy atom. The molecule has 3 rings (SSSR count). The smallest absolute Gasteiger partial charge is 0.410 e.